The highest BCUT2D eigenvalue weighted by Crippen LogP contribution is 2.25. The van der Waals surface area contributed by atoms with Crippen molar-refractivity contribution in [3.8, 4) is 17.0 Å². The van der Waals surface area contributed by atoms with Crippen molar-refractivity contribution in [2.24, 2.45) is 0 Å². The van der Waals surface area contributed by atoms with Crippen LogP contribution in [-0.4, -0.2) is 71.1 Å². The zero-order valence-electron chi connectivity index (χ0n) is 14.6. The van der Waals surface area contributed by atoms with E-state index in [1.54, 1.807) is 12.0 Å². The molecule has 1 aromatic carbocycles. The van der Waals surface area contributed by atoms with Gasteiger partial charge in [-0.2, -0.15) is 5.10 Å². The molecule has 1 aromatic heterocycles. The number of aromatic amines is 1. The van der Waals surface area contributed by atoms with Gasteiger partial charge in [-0.1, -0.05) is 0 Å². The zero-order valence-corrected chi connectivity index (χ0v) is 14.6. The highest BCUT2D eigenvalue weighted by Gasteiger charge is 2.38. The predicted molar refractivity (Wildman–Crippen MR) is 94.4 cm³/mol. The van der Waals surface area contributed by atoms with E-state index >= 15 is 0 Å². The van der Waals surface area contributed by atoms with Gasteiger partial charge in [0.2, 0.25) is 11.8 Å². The number of aromatic nitrogens is 2. The number of methoxy groups -OCH3 is 1. The molecular weight excluding hydrogens is 334 g/mol. The van der Waals surface area contributed by atoms with Crippen LogP contribution in [0.25, 0.3) is 11.3 Å². The third-order valence-electron chi connectivity index (χ3n) is 4.99. The van der Waals surface area contributed by atoms with Crippen LogP contribution in [0.1, 0.15) is 5.56 Å². The molecule has 8 nitrogen and oxygen atoms in total. The summed E-state index contributed by atoms with van der Waals surface area (Å²) in [4.78, 5) is 27.9. The number of ether oxygens (including phenoxy) is 1. The maximum Gasteiger partial charge on any atom is 0.244 e. The van der Waals surface area contributed by atoms with Gasteiger partial charge in [0.15, 0.2) is 0 Å². The Morgan fingerprint density at radius 1 is 1.23 bits per heavy atom. The van der Waals surface area contributed by atoms with Gasteiger partial charge in [-0.15, -0.1) is 0 Å². The largest absolute Gasteiger partial charge is 0.497 e. The maximum absolute atomic E-state index is 12.1. The minimum atomic E-state index is -0.402. The molecule has 2 N–H and O–H groups in total. The summed E-state index contributed by atoms with van der Waals surface area (Å²) in [6.07, 6.45) is 1.82. The van der Waals surface area contributed by atoms with Crippen molar-refractivity contribution in [1.29, 1.82) is 0 Å². The molecule has 26 heavy (non-hydrogen) atoms. The van der Waals surface area contributed by atoms with Crippen molar-refractivity contribution in [3.63, 3.8) is 0 Å². The van der Waals surface area contributed by atoms with Gasteiger partial charge in [-0.25, -0.2) is 0 Å². The van der Waals surface area contributed by atoms with Gasteiger partial charge in [-0.05, 0) is 24.3 Å². The number of H-pyrrole nitrogens is 1. The van der Waals surface area contributed by atoms with Crippen LogP contribution in [0, 0.1) is 0 Å². The molecule has 2 saturated heterocycles. The fourth-order valence-corrected chi connectivity index (χ4v) is 3.57. The Bertz CT molecular complexity index is 816. The third kappa shape index (κ3) is 3.03. The molecule has 1 atom stereocenters. The molecule has 8 heteroatoms. The highest BCUT2D eigenvalue weighted by molar-refractivity contribution is 5.95. The molecule has 0 aliphatic carbocycles. The van der Waals surface area contributed by atoms with E-state index in [2.05, 4.69) is 20.4 Å². The number of nitrogens with zero attached hydrogens (tertiary/aromatic N) is 3. The van der Waals surface area contributed by atoms with E-state index in [0.29, 0.717) is 19.6 Å². The Balaban J connectivity index is 1.49. The lowest BCUT2D eigenvalue weighted by atomic mass is 10.1. The Morgan fingerprint density at radius 3 is 2.81 bits per heavy atom. The first-order chi connectivity index (χ1) is 12.7. The third-order valence-corrected chi connectivity index (χ3v) is 4.99. The summed E-state index contributed by atoms with van der Waals surface area (Å²) in [5.74, 6) is 0.729. The summed E-state index contributed by atoms with van der Waals surface area (Å²) in [5, 5.41) is 9.92. The molecule has 2 aliphatic rings. The first kappa shape index (κ1) is 16.6. The minimum absolute atomic E-state index is 0.00326. The monoisotopic (exact) mass is 355 g/mol. The van der Waals surface area contributed by atoms with Crippen LogP contribution in [0.4, 0.5) is 0 Å². The smallest absolute Gasteiger partial charge is 0.244 e. The van der Waals surface area contributed by atoms with Crippen molar-refractivity contribution in [3.05, 3.63) is 36.0 Å². The van der Waals surface area contributed by atoms with Crippen LogP contribution >= 0.6 is 0 Å². The van der Waals surface area contributed by atoms with E-state index in [4.69, 9.17) is 4.74 Å². The maximum atomic E-state index is 12.1. The molecular formula is C18H21N5O3. The van der Waals surface area contributed by atoms with Gasteiger partial charge in [0, 0.05) is 37.3 Å². The quantitative estimate of drug-likeness (QED) is 0.819. The average molecular weight is 355 g/mol. The molecule has 4 rings (SSSR count). The predicted octanol–water partition coefficient (Wildman–Crippen LogP) is 0.228. The number of benzene rings is 1. The summed E-state index contributed by atoms with van der Waals surface area (Å²) < 4.78 is 5.20. The van der Waals surface area contributed by atoms with Gasteiger partial charge >= 0.3 is 0 Å². The molecule has 0 unspecified atom stereocenters. The first-order valence-corrected chi connectivity index (χ1v) is 8.62. The molecule has 0 spiro atoms. The second kappa shape index (κ2) is 6.80. The lowest BCUT2D eigenvalue weighted by Crippen LogP contribution is -2.65. The van der Waals surface area contributed by atoms with Crippen molar-refractivity contribution < 1.29 is 14.3 Å². The van der Waals surface area contributed by atoms with Gasteiger partial charge in [0.1, 0.15) is 11.8 Å². The van der Waals surface area contributed by atoms with Crippen molar-refractivity contribution in [2.45, 2.75) is 12.6 Å². The Morgan fingerprint density at radius 2 is 2.04 bits per heavy atom. The van der Waals surface area contributed by atoms with Crippen molar-refractivity contribution >= 4 is 11.8 Å². The van der Waals surface area contributed by atoms with E-state index in [-0.39, 0.29) is 18.4 Å². The summed E-state index contributed by atoms with van der Waals surface area (Å²) >= 11 is 0. The van der Waals surface area contributed by atoms with Crippen LogP contribution in [0.3, 0.4) is 0 Å². The van der Waals surface area contributed by atoms with Crippen LogP contribution in [0.5, 0.6) is 5.75 Å². The molecule has 136 valence electrons. The second-order valence-corrected chi connectivity index (χ2v) is 6.55. The summed E-state index contributed by atoms with van der Waals surface area (Å²) in [6, 6.07) is 7.40. The highest BCUT2D eigenvalue weighted by atomic mass is 16.5. The van der Waals surface area contributed by atoms with Crippen LogP contribution in [-0.2, 0) is 16.1 Å². The average Bonchev–Trinajstić information content (AvgIpc) is 3.13. The number of fused-ring (bicyclic) bond motifs is 1. The molecule has 2 aliphatic heterocycles. The topological polar surface area (TPSA) is 90.6 Å². The van der Waals surface area contributed by atoms with Crippen LogP contribution in [0.2, 0.25) is 0 Å². The molecule has 2 aromatic rings. The number of rotatable bonds is 4. The van der Waals surface area contributed by atoms with Crippen LogP contribution < -0.4 is 10.1 Å². The summed E-state index contributed by atoms with van der Waals surface area (Å²) in [7, 11) is 1.64. The first-order valence-electron chi connectivity index (χ1n) is 8.62. The summed E-state index contributed by atoms with van der Waals surface area (Å²) in [5.41, 5.74) is 3.05. The van der Waals surface area contributed by atoms with E-state index in [0.717, 1.165) is 29.1 Å². The number of piperazine rings is 2. The standard InChI is InChI=1S/C18H21N5O3/c1-26-14-4-2-12(3-5-14)17-13(8-20-21-17)10-22-6-7-23-15(11-22)18(25)19-9-16(23)24/h2-5,8,15H,6-7,9-11H2,1H3,(H,19,25)(H,20,21)/t15-/m0/s1. The Labute approximate surface area is 151 Å². The number of hydrogen-bond donors (Lipinski definition) is 2. The van der Waals surface area contributed by atoms with E-state index in [9.17, 15) is 9.59 Å². The molecule has 0 radical (unpaired) electrons. The molecule has 3 heterocycles. The molecule has 0 saturated carbocycles. The fraction of sp³-hybridized carbons (Fsp3) is 0.389. The number of carbonyl (C=O) groups is 2. The molecule has 0 bridgehead atoms. The Kier molecular flexibility index (Phi) is 4.34. The minimum Gasteiger partial charge on any atom is -0.497 e. The lowest BCUT2D eigenvalue weighted by molar-refractivity contribution is -0.149. The normalized spacial score (nSPS) is 20.7. The van der Waals surface area contributed by atoms with E-state index in [1.807, 2.05) is 30.5 Å². The lowest BCUT2D eigenvalue weighted by Gasteiger charge is -2.42. The zero-order chi connectivity index (χ0) is 18.1. The number of carbonyl (C=O) groups excluding carboxylic acids is 2. The van der Waals surface area contributed by atoms with E-state index in [1.165, 1.54) is 0 Å². The molecule has 2 fully saturated rings. The SMILES string of the molecule is COc1ccc(-c2[nH]ncc2CN2CCN3C(=O)CNC(=O)[C@@H]3C2)cc1. The van der Waals surface area contributed by atoms with Crippen molar-refractivity contribution in [1.82, 2.24) is 25.3 Å². The second-order valence-electron chi connectivity index (χ2n) is 6.55. The summed E-state index contributed by atoms with van der Waals surface area (Å²) in [6.45, 7) is 2.63. The Hall–Kier alpha value is -2.87. The van der Waals surface area contributed by atoms with Gasteiger partial charge < -0.3 is 15.0 Å². The number of hydrogen-bond acceptors (Lipinski definition) is 5. The number of nitrogens with one attached hydrogen (secondary N) is 2. The van der Waals surface area contributed by atoms with Gasteiger partial charge in [0.25, 0.3) is 0 Å². The fourth-order valence-electron chi connectivity index (χ4n) is 3.57. The van der Waals surface area contributed by atoms with Gasteiger partial charge in [-0.3, -0.25) is 19.6 Å². The van der Waals surface area contributed by atoms with Gasteiger partial charge in [0.05, 0.1) is 25.5 Å². The van der Waals surface area contributed by atoms with Crippen LogP contribution in [0.15, 0.2) is 30.5 Å². The molecule has 2 amide bonds. The number of amides is 2. The van der Waals surface area contributed by atoms with Crippen molar-refractivity contribution in [2.75, 3.05) is 33.3 Å². The van der Waals surface area contributed by atoms with E-state index < -0.39 is 6.04 Å².